The first-order valence-corrected chi connectivity index (χ1v) is 4.42. The Balaban J connectivity index is 2.75. The standard InChI is InChI=1S/C8H7FINO/c9-5-8(12)11-7-4-2-1-3-6(7)10/h1-4H,5H2,(H,11,12). The molecule has 0 aliphatic carbocycles. The number of hydrogen-bond acceptors (Lipinski definition) is 1. The van der Waals surface area contributed by atoms with E-state index in [0.29, 0.717) is 5.69 Å². The van der Waals surface area contributed by atoms with Crippen molar-refractivity contribution in [2.45, 2.75) is 0 Å². The van der Waals surface area contributed by atoms with Crippen molar-refractivity contribution in [1.29, 1.82) is 0 Å². The first kappa shape index (κ1) is 9.44. The second kappa shape index (κ2) is 4.39. The van der Waals surface area contributed by atoms with Gasteiger partial charge in [0.2, 0.25) is 0 Å². The van der Waals surface area contributed by atoms with Crippen LogP contribution in [0.1, 0.15) is 0 Å². The molecule has 1 rings (SSSR count). The van der Waals surface area contributed by atoms with E-state index in [-0.39, 0.29) is 0 Å². The molecule has 0 saturated heterocycles. The van der Waals surface area contributed by atoms with Gasteiger partial charge in [0, 0.05) is 3.57 Å². The molecule has 0 heterocycles. The van der Waals surface area contributed by atoms with Crippen LogP contribution in [0.2, 0.25) is 0 Å². The van der Waals surface area contributed by atoms with E-state index in [4.69, 9.17) is 0 Å². The number of amides is 1. The number of halogens is 2. The second-order valence-electron chi connectivity index (χ2n) is 2.16. The summed E-state index contributed by atoms with van der Waals surface area (Å²) in [7, 11) is 0. The van der Waals surface area contributed by atoms with Crippen LogP contribution in [0.5, 0.6) is 0 Å². The molecular weight excluding hydrogens is 272 g/mol. The SMILES string of the molecule is O=C(CF)Nc1ccccc1I. The highest BCUT2D eigenvalue weighted by atomic mass is 127. The van der Waals surface area contributed by atoms with E-state index in [1.54, 1.807) is 12.1 Å². The molecule has 0 unspecified atom stereocenters. The number of alkyl halides is 1. The molecule has 1 amide bonds. The van der Waals surface area contributed by atoms with Crippen molar-refractivity contribution in [3.63, 3.8) is 0 Å². The van der Waals surface area contributed by atoms with Crippen molar-refractivity contribution >= 4 is 34.2 Å². The molecule has 64 valence electrons. The molecule has 1 N–H and O–H groups in total. The van der Waals surface area contributed by atoms with Crippen LogP contribution in [0.3, 0.4) is 0 Å². The van der Waals surface area contributed by atoms with Gasteiger partial charge in [-0.3, -0.25) is 4.79 Å². The van der Waals surface area contributed by atoms with E-state index in [0.717, 1.165) is 3.57 Å². The molecular formula is C8H7FINO. The molecule has 0 aliphatic heterocycles. The van der Waals surface area contributed by atoms with Gasteiger partial charge in [0.1, 0.15) is 0 Å². The lowest BCUT2D eigenvalue weighted by Gasteiger charge is -2.03. The van der Waals surface area contributed by atoms with E-state index in [9.17, 15) is 9.18 Å². The summed E-state index contributed by atoms with van der Waals surface area (Å²) in [4.78, 5) is 10.6. The lowest BCUT2D eigenvalue weighted by Crippen LogP contribution is -2.13. The lowest BCUT2D eigenvalue weighted by molar-refractivity contribution is -0.117. The zero-order chi connectivity index (χ0) is 8.97. The summed E-state index contributed by atoms with van der Waals surface area (Å²) in [6.07, 6.45) is 0. The average molecular weight is 279 g/mol. The van der Waals surface area contributed by atoms with Crippen LogP contribution in [-0.2, 0) is 4.79 Å². The van der Waals surface area contributed by atoms with Gasteiger partial charge in [-0.15, -0.1) is 0 Å². The highest BCUT2D eigenvalue weighted by molar-refractivity contribution is 14.1. The third kappa shape index (κ3) is 2.44. The second-order valence-corrected chi connectivity index (χ2v) is 3.32. The monoisotopic (exact) mass is 279 g/mol. The van der Waals surface area contributed by atoms with Crippen LogP contribution in [0.25, 0.3) is 0 Å². The van der Waals surface area contributed by atoms with Gasteiger partial charge in [-0.1, -0.05) is 12.1 Å². The van der Waals surface area contributed by atoms with Gasteiger partial charge in [0.25, 0.3) is 5.91 Å². The summed E-state index contributed by atoms with van der Waals surface area (Å²) in [6.45, 7) is -0.981. The largest absolute Gasteiger partial charge is 0.323 e. The topological polar surface area (TPSA) is 29.1 Å². The molecule has 0 spiro atoms. The molecule has 0 bridgehead atoms. The quantitative estimate of drug-likeness (QED) is 0.826. The van der Waals surface area contributed by atoms with Crippen molar-refractivity contribution < 1.29 is 9.18 Å². The van der Waals surface area contributed by atoms with Crippen LogP contribution in [0.15, 0.2) is 24.3 Å². The number of carbonyl (C=O) groups excluding carboxylic acids is 1. The maximum Gasteiger partial charge on any atom is 0.255 e. The van der Waals surface area contributed by atoms with Crippen LogP contribution >= 0.6 is 22.6 Å². The fourth-order valence-corrected chi connectivity index (χ4v) is 1.27. The molecule has 0 radical (unpaired) electrons. The molecule has 1 aromatic carbocycles. The first-order valence-electron chi connectivity index (χ1n) is 3.34. The first-order chi connectivity index (χ1) is 5.74. The minimum Gasteiger partial charge on any atom is -0.323 e. The van der Waals surface area contributed by atoms with E-state index < -0.39 is 12.6 Å². The number of hydrogen-bond donors (Lipinski definition) is 1. The molecule has 1 aromatic rings. The van der Waals surface area contributed by atoms with Gasteiger partial charge in [0.05, 0.1) is 5.69 Å². The maximum atomic E-state index is 11.8. The van der Waals surface area contributed by atoms with Gasteiger partial charge in [-0.05, 0) is 34.7 Å². The Labute approximate surface area is 83.3 Å². The van der Waals surface area contributed by atoms with Gasteiger partial charge in [0.15, 0.2) is 6.67 Å². The molecule has 0 fully saturated rings. The predicted octanol–water partition coefficient (Wildman–Crippen LogP) is 2.20. The number of benzene rings is 1. The van der Waals surface area contributed by atoms with Crippen LogP contribution in [-0.4, -0.2) is 12.6 Å². The van der Waals surface area contributed by atoms with Crippen LogP contribution in [0.4, 0.5) is 10.1 Å². The Bertz CT molecular complexity index is 290. The fourth-order valence-electron chi connectivity index (χ4n) is 0.746. The van der Waals surface area contributed by atoms with E-state index in [1.807, 2.05) is 12.1 Å². The third-order valence-corrected chi connectivity index (χ3v) is 2.21. The number of carbonyl (C=O) groups is 1. The van der Waals surface area contributed by atoms with Gasteiger partial charge >= 0.3 is 0 Å². The number of para-hydroxylation sites is 1. The summed E-state index contributed by atoms with van der Waals surface area (Å²) in [5.41, 5.74) is 0.653. The van der Waals surface area contributed by atoms with E-state index in [1.165, 1.54) is 0 Å². The average Bonchev–Trinajstić information content (AvgIpc) is 2.09. The zero-order valence-electron chi connectivity index (χ0n) is 6.18. The highest BCUT2D eigenvalue weighted by Crippen LogP contribution is 2.16. The molecule has 0 atom stereocenters. The number of rotatable bonds is 2. The maximum absolute atomic E-state index is 11.8. The summed E-state index contributed by atoms with van der Waals surface area (Å²) in [6, 6.07) is 7.21. The van der Waals surface area contributed by atoms with Gasteiger partial charge < -0.3 is 5.32 Å². The summed E-state index contributed by atoms with van der Waals surface area (Å²) >= 11 is 2.07. The smallest absolute Gasteiger partial charge is 0.255 e. The van der Waals surface area contributed by atoms with Crippen molar-refractivity contribution in [3.8, 4) is 0 Å². The molecule has 0 aromatic heterocycles. The highest BCUT2D eigenvalue weighted by Gasteiger charge is 2.02. The van der Waals surface area contributed by atoms with Crippen LogP contribution in [0, 0.1) is 3.57 Å². The molecule has 0 saturated carbocycles. The molecule has 2 nitrogen and oxygen atoms in total. The molecule has 4 heteroatoms. The number of nitrogens with one attached hydrogen (secondary N) is 1. The summed E-state index contributed by atoms with van der Waals surface area (Å²) in [5, 5.41) is 2.44. The van der Waals surface area contributed by atoms with Crippen molar-refractivity contribution in [3.05, 3.63) is 27.8 Å². The van der Waals surface area contributed by atoms with E-state index >= 15 is 0 Å². The number of anilines is 1. The van der Waals surface area contributed by atoms with Crippen LogP contribution < -0.4 is 5.32 Å². The third-order valence-electron chi connectivity index (χ3n) is 1.27. The van der Waals surface area contributed by atoms with Crippen molar-refractivity contribution in [2.75, 3.05) is 12.0 Å². The van der Waals surface area contributed by atoms with Gasteiger partial charge in [-0.25, -0.2) is 4.39 Å². The van der Waals surface area contributed by atoms with Crippen molar-refractivity contribution in [1.82, 2.24) is 0 Å². The summed E-state index contributed by atoms with van der Waals surface area (Å²) < 4.78 is 12.7. The predicted molar refractivity (Wildman–Crippen MR) is 53.8 cm³/mol. The van der Waals surface area contributed by atoms with Gasteiger partial charge in [-0.2, -0.15) is 0 Å². The normalized spacial score (nSPS) is 9.50. The Morgan fingerprint density at radius 3 is 2.75 bits per heavy atom. The molecule has 12 heavy (non-hydrogen) atoms. The minimum absolute atomic E-state index is 0.612. The minimum atomic E-state index is -0.981. The lowest BCUT2D eigenvalue weighted by atomic mass is 10.3. The Morgan fingerprint density at radius 1 is 1.50 bits per heavy atom. The Hall–Kier alpha value is -0.650. The Kier molecular flexibility index (Phi) is 3.46. The Morgan fingerprint density at radius 2 is 2.17 bits per heavy atom. The van der Waals surface area contributed by atoms with E-state index in [2.05, 4.69) is 27.9 Å². The zero-order valence-corrected chi connectivity index (χ0v) is 8.34. The fraction of sp³-hybridized carbons (Fsp3) is 0.125. The van der Waals surface area contributed by atoms with Crippen molar-refractivity contribution in [2.24, 2.45) is 0 Å². The summed E-state index contributed by atoms with van der Waals surface area (Å²) in [5.74, 6) is -0.612. The molecule has 0 aliphatic rings.